The van der Waals surface area contributed by atoms with E-state index in [9.17, 15) is 0 Å². The van der Waals surface area contributed by atoms with Crippen molar-refractivity contribution in [1.29, 1.82) is 5.41 Å². The summed E-state index contributed by atoms with van der Waals surface area (Å²) in [5.74, 6) is 0.138. The van der Waals surface area contributed by atoms with Crippen LogP contribution in [0.1, 0.15) is 0 Å². The van der Waals surface area contributed by atoms with E-state index in [2.05, 4.69) is 23.9 Å². The molecule has 0 aliphatic carbocycles. The first kappa shape index (κ1) is 11.4. The second-order valence-electron chi connectivity index (χ2n) is 3.92. The molecule has 1 atom stereocenters. The number of nitrogens with two attached hydrogens (primary N) is 1. The zero-order valence-electron chi connectivity index (χ0n) is 8.99. The molecule has 0 aromatic rings. The Morgan fingerprint density at radius 3 is 2.93 bits per heavy atom. The third-order valence-electron chi connectivity index (χ3n) is 2.36. The second-order valence-corrected chi connectivity index (χ2v) is 3.92. The van der Waals surface area contributed by atoms with E-state index in [1.54, 1.807) is 0 Å². The van der Waals surface area contributed by atoms with Crippen LogP contribution in [-0.4, -0.2) is 68.6 Å². The number of amidine groups is 1. The van der Waals surface area contributed by atoms with E-state index in [0.717, 1.165) is 26.2 Å². The van der Waals surface area contributed by atoms with Crippen LogP contribution in [-0.2, 0) is 4.74 Å². The van der Waals surface area contributed by atoms with E-state index in [1.165, 1.54) is 0 Å². The van der Waals surface area contributed by atoms with Crippen molar-refractivity contribution in [1.82, 2.24) is 9.80 Å². The highest BCUT2D eigenvalue weighted by atomic mass is 16.5. The quantitative estimate of drug-likeness (QED) is 0.460. The highest BCUT2D eigenvalue weighted by molar-refractivity contribution is 5.82. The first-order chi connectivity index (χ1) is 6.59. The molecule has 5 heteroatoms. The molecule has 1 saturated heterocycles. The zero-order valence-corrected chi connectivity index (χ0v) is 8.99. The summed E-state index contributed by atoms with van der Waals surface area (Å²) in [7, 11) is 4.12. The molecule has 14 heavy (non-hydrogen) atoms. The predicted molar refractivity (Wildman–Crippen MR) is 56.6 cm³/mol. The van der Waals surface area contributed by atoms with Crippen molar-refractivity contribution >= 4 is 5.84 Å². The third kappa shape index (κ3) is 3.61. The maximum atomic E-state index is 7.31. The number of morpholine rings is 1. The molecule has 1 heterocycles. The van der Waals surface area contributed by atoms with Crippen LogP contribution in [0.25, 0.3) is 0 Å². The van der Waals surface area contributed by atoms with Crippen molar-refractivity contribution < 1.29 is 4.74 Å². The summed E-state index contributed by atoms with van der Waals surface area (Å²) in [5, 5.41) is 7.31. The second kappa shape index (κ2) is 5.29. The normalized spacial score (nSPS) is 24.1. The molecule has 0 amide bonds. The van der Waals surface area contributed by atoms with Gasteiger partial charge in [0.1, 0.15) is 11.9 Å². The minimum absolute atomic E-state index is 0.138. The summed E-state index contributed by atoms with van der Waals surface area (Å²) < 4.78 is 5.37. The van der Waals surface area contributed by atoms with Crippen molar-refractivity contribution in [2.75, 3.05) is 46.9 Å². The van der Waals surface area contributed by atoms with Gasteiger partial charge in [-0.3, -0.25) is 10.3 Å². The summed E-state index contributed by atoms with van der Waals surface area (Å²) in [5.41, 5.74) is 5.41. The van der Waals surface area contributed by atoms with E-state index in [0.29, 0.717) is 6.61 Å². The van der Waals surface area contributed by atoms with Crippen LogP contribution in [0, 0.1) is 5.41 Å². The van der Waals surface area contributed by atoms with Crippen LogP contribution in [0.2, 0.25) is 0 Å². The van der Waals surface area contributed by atoms with Gasteiger partial charge in [0.15, 0.2) is 0 Å². The molecular weight excluding hydrogens is 180 g/mol. The van der Waals surface area contributed by atoms with Gasteiger partial charge in [0.05, 0.1) is 6.61 Å². The van der Waals surface area contributed by atoms with Gasteiger partial charge >= 0.3 is 0 Å². The highest BCUT2D eigenvalue weighted by Gasteiger charge is 2.22. The van der Waals surface area contributed by atoms with E-state index in [-0.39, 0.29) is 11.9 Å². The van der Waals surface area contributed by atoms with Crippen molar-refractivity contribution in [2.45, 2.75) is 6.10 Å². The number of nitrogens with one attached hydrogen (secondary N) is 1. The zero-order chi connectivity index (χ0) is 10.6. The number of nitrogens with zero attached hydrogens (tertiary/aromatic N) is 2. The molecule has 0 spiro atoms. The SMILES string of the molecule is CN(C)CCN1CCOC(C(=N)N)C1. The van der Waals surface area contributed by atoms with Gasteiger partial charge in [-0.25, -0.2) is 0 Å². The lowest BCUT2D eigenvalue weighted by atomic mass is 10.2. The molecule has 1 rings (SSSR count). The maximum Gasteiger partial charge on any atom is 0.127 e. The van der Waals surface area contributed by atoms with Crippen molar-refractivity contribution in [3.05, 3.63) is 0 Å². The van der Waals surface area contributed by atoms with Crippen LogP contribution < -0.4 is 5.73 Å². The molecule has 0 saturated carbocycles. The molecule has 1 aliphatic rings. The third-order valence-corrected chi connectivity index (χ3v) is 2.36. The Bertz CT molecular complexity index is 195. The summed E-state index contributed by atoms with van der Waals surface area (Å²) in [6.07, 6.45) is -0.203. The van der Waals surface area contributed by atoms with Gasteiger partial charge in [0.2, 0.25) is 0 Å². The molecule has 1 aliphatic heterocycles. The summed E-state index contributed by atoms with van der Waals surface area (Å²) >= 11 is 0. The average molecular weight is 200 g/mol. The van der Waals surface area contributed by atoms with E-state index >= 15 is 0 Å². The predicted octanol–water partition coefficient (Wildman–Crippen LogP) is -0.815. The number of likely N-dealkylation sites (N-methyl/N-ethyl adjacent to an activating group) is 1. The first-order valence-corrected chi connectivity index (χ1v) is 4.92. The van der Waals surface area contributed by atoms with Crippen molar-refractivity contribution in [3.63, 3.8) is 0 Å². The van der Waals surface area contributed by atoms with Crippen LogP contribution in [0.5, 0.6) is 0 Å². The Morgan fingerprint density at radius 1 is 1.64 bits per heavy atom. The molecule has 3 N–H and O–H groups in total. The smallest absolute Gasteiger partial charge is 0.127 e. The van der Waals surface area contributed by atoms with Gasteiger partial charge in [-0.2, -0.15) is 0 Å². The van der Waals surface area contributed by atoms with E-state index in [1.807, 2.05) is 0 Å². The molecule has 82 valence electrons. The lowest BCUT2D eigenvalue weighted by Crippen LogP contribution is -2.49. The Labute approximate surface area is 85.3 Å². The fraction of sp³-hybridized carbons (Fsp3) is 0.889. The minimum Gasteiger partial charge on any atom is -0.385 e. The van der Waals surface area contributed by atoms with Gasteiger partial charge in [0.25, 0.3) is 0 Å². The molecule has 0 bridgehead atoms. The van der Waals surface area contributed by atoms with Gasteiger partial charge < -0.3 is 15.4 Å². The van der Waals surface area contributed by atoms with E-state index < -0.39 is 0 Å². The monoisotopic (exact) mass is 200 g/mol. The van der Waals surface area contributed by atoms with Crippen LogP contribution in [0.4, 0.5) is 0 Å². The van der Waals surface area contributed by atoms with Gasteiger partial charge in [-0.05, 0) is 14.1 Å². The Balaban J connectivity index is 2.29. The minimum atomic E-state index is -0.203. The molecule has 0 radical (unpaired) electrons. The summed E-state index contributed by atoms with van der Waals surface area (Å²) in [6, 6.07) is 0. The van der Waals surface area contributed by atoms with Crippen LogP contribution in [0.15, 0.2) is 0 Å². The number of hydrogen-bond acceptors (Lipinski definition) is 4. The molecule has 0 aromatic carbocycles. The maximum absolute atomic E-state index is 7.31. The van der Waals surface area contributed by atoms with Crippen LogP contribution >= 0.6 is 0 Å². The lowest BCUT2D eigenvalue weighted by molar-refractivity contribution is 0.00389. The number of rotatable bonds is 4. The fourth-order valence-electron chi connectivity index (χ4n) is 1.44. The van der Waals surface area contributed by atoms with Gasteiger partial charge in [-0.1, -0.05) is 0 Å². The number of hydrogen-bond donors (Lipinski definition) is 2. The topological polar surface area (TPSA) is 65.6 Å². The number of ether oxygens (including phenoxy) is 1. The Morgan fingerprint density at radius 2 is 2.36 bits per heavy atom. The average Bonchev–Trinajstić information content (AvgIpc) is 2.15. The Hall–Kier alpha value is -0.650. The molecule has 5 nitrogen and oxygen atoms in total. The van der Waals surface area contributed by atoms with Crippen LogP contribution in [0.3, 0.4) is 0 Å². The Kier molecular flexibility index (Phi) is 4.31. The molecule has 0 aromatic heterocycles. The first-order valence-electron chi connectivity index (χ1n) is 4.92. The fourth-order valence-corrected chi connectivity index (χ4v) is 1.44. The standard InChI is InChI=1S/C9H20N4O/c1-12(2)3-4-13-5-6-14-8(7-13)9(10)11/h8H,3-7H2,1-2H3,(H3,10,11). The van der Waals surface area contributed by atoms with Gasteiger partial charge in [-0.15, -0.1) is 0 Å². The van der Waals surface area contributed by atoms with E-state index in [4.69, 9.17) is 15.9 Å². The lowest BCUT2D eigenvalue weighted by Gasteiger charge is -2.32. The molecule has 1 unspecified atom stereocenters. The van der Waals surface area contributed by atoms with Crippen molar-refractivity contribution in [2.24, 2.45) is 5.73 Å². The van der Waals surface area contributed by atoms with Gasteiger partial charge in [0, 0.05) is 26.2 Å². The highest BCUT2D eigenvalue weighted by Crippen LogP contribution is 2.04. The summed E-state index contributed by atoms with van der Waals surface area (Å²) in [6.45, 7) is 4.42. The summed E-state index contributed by atoms with van der Waals surface area (Å²) in [4.78, 5) is 4.44. The van der Waals surface area contributed by atoms with Crippen molar-refractivity contribution in [3.8, 4) is 0 Å². The largest absolute Gasteiger partial charge is 0.385 e. The molecule has 1 fully saturated rings. The molecular formula is C9H20N4O.